The predicted molar refractivity (Wildman–Crippen MR) is 112 cm³/mol. The van der Waals surface area contributed by atoms with Gasteiger partial charge in [-0.05, 0) is 48.9 Å². The zero-order valence-corrected chi connectivity index (χ0v) is 17.0. The molecule has 0 saturated heterocycles. The normalized spacial score (nSPS) is 15.2. The molecule has 2 aromatic carbocycles. The molecule has 2 heterocycles. The summed E-state index contributed by atoms with van der Waals surface area (Å²) in [6, 6.07) is 13.2. The molecule has 30 heavy (non-hydrogen) atoms. The monoisotopic (exact) mass is 423 g/mol. The maximum atomic E-state index is 13.2. The van der Waals surface area contributed by atoms with E-state index in [1.54, 1.807) is 53.2 Å². The lowest BCUT2D eigenvalue weighted by atomic mass is 9.94. The van der Waals surface area contributed by atoms with Gasteiger partial charge >= 0.3 is 5.97 Å². The standard InChI is InChI=1S/C21H18ClN5O3/c1-12-17(19(28)26-16-9-7-15(22)8-10-16)18(27-21(25-12)23-11-24-27)13-3-5-14(6-4-13)20(29)30-2/h3-11,18H,1-2H3,(H,26,28)(H,23,24,25)/t18-/m1/s1. The van der Waals surface area contributed by atoms with Gasteiger partial charge in [0.05, 0.1) is 18.2 Å². The number of benzene rings is 2. The van der Waals surface area contributed by atoms with Crippen LogP contribution < -0.4 is 10.6 Å². The molecule has 0 unspecified atom stereocenters. The summed E-state index contributed by atoms with van der Waals surface area (Å²) in [6.45, 7) is 1.81. The van der Waals surface area contributed by atoms with Crippen molar-refractivity contribution in [1.29, 1.82) is 0 Å². The smallest absolute Gasteiger partial charge is 0.337 e. The number of nitrogens with one attached hydrogen (secondary N) is 2. The Hall–Kier alpha value is -3.65. The molecular formula is C21H18ClN5O3. The van der Waals surface area contributed by atoms with Gasteiger partial charge in [-0.15, -0.1) is 0 Å². The van der Waals surface area contributed by atoms with Crippen LogP contribution in [0.25, 0.3) is 0 Å². The number of hydrogen-bond acceptors (Lipinski definition) is 6. The van der Waals surface area contributed by atoms with Gasteiger partial charge in [0.2, 0.25) is 5.95 Å². The largest absolute Gasteiger partial charge is 0.465 e. The number of ether oxygens (including phenoxy) is 1. The van der Waals surface area contributed by atoms with E-state index in [1.807, 2.05) is 6.92 Å². The fourth-order valence-electron chi connectivity index (χ4n) is 3.34. The number of aromatic nitrogens is 3. The summed E-state index contributed by atoms with van der Waals surface area (Å²) in [5.41, 5.74) is 2.95. The molecule has 0 fully saturated rings. The highest BCUT2D eigenvalue weighted by Crippen LogP contribution is 2.35. The number of amides is 1. The van der Waals surface area contributed by atoms with E-state index in [-0.39, 0.29) is 5.91 Å². The van der Waals surface area contributed by atoms with Crippen molar-refractivity contribution in [3.8, 4) is 0 Å². The summed E-state index contributed by atoms with van der Waals surface area (Å²) in [5, 5.41) is 10.9. The van der Waals surface area contributed by atoms with Crippen molar-refractivity contribution in [3.05, 3.63) is 82.3 Å². The molecule has 8 nitrogen and oxygen atoms in total. The molecule has 1 aliphatic heterocycles. The fourth-order valence-corrected chi connectivity index (χ4v) is 3.47. The van der Waals surface area contributed by atoms with Crippen molar-refractivity contribution in [2.24, 2.45) is 0 Å². The van der Waals surface area contributed by atoms with Crippen LogP contribution in [0.3, 0.4) is 0 Å². The number of anilines is 2. The van der Waals surface area contributed by atoms with Crippen molar-refractivity contribution in [2.45, 2.75) is 13.0 Å². The lowest BCUT2D eigenvalue weighted by Crippen LogP contribution is -2.31. The van der Waals surface area contributed by atoms with Crippen LogP contribution in [0.2, 0.25) is 5.02 Å². The topological polar surface area (TPSA) is 98.1 Å². The van der Waals surface area contributed by atoms with Crippen LogP contribution in [0.1, 0.15) is 28.9 Å². The van der Waals surface area contributed by atoms with Gasteiger partial charge in [0, 0.05) is 16.4 Å². The van der Waals surface area contributed by atoms with E-state index < -0.39 is 12.0 Å². The van der Waals surface area contributed by atoms with E-state index >= 15 is 0 Å². The molecule has 9 heteroatoms. The Morgan fingerprint density at radius 1 is 1.13 bits per heavy atom. The van der Waals surface area contributed by atoms with Gasteiger partial charge in [0.15, 0.2) is 0 Å². The number of nitrogens with zero attached hydrogens (tertiary/aromatic N) is 3. The van der Waals surface area contributed by atoms with Gasteiger partial charge in [-0.2, -0.15) is 10.1 Å². The maximum Gasteiger partial charge on any atom is 0.337 e. The van der Waals surface area contributed by atoms with Crippen LogP contribution in [-0.2, 0) is 9.53 Å². The predicted octanol–water partition coefficient (Wildman–Crippen LogP) is 3.65. The third-order valence-corrected chi connectivity index (χ3v) is 5.04. The number of carbonyl (C=O) groups excluding carboxylic acids is 2. The van der Waals surface area contributed by atoms with Crippen LogP contribution in [0.4, 0.5) is 11.6 Å². The van der Waals surface area contributed by atoms with Crippen LogP contribution in [0, 0.1) is 0 Å². The molecule has 1 aliphatic rings. The summed E-state index contributed by atoms with van der Waals surface area (Å²) in [5.74, 6) is -0.191. The average Bonchev–Trinajstić information content (AvgIpc) is 3.22. The van der Waals surface area contributed by atoms with Crippen molar-refractivity contribution in [1.82, 2.24) is 14.8 Å². The summed E-state index contributed by atoms with van der Waals surface area (Å²) < 4.78 is 6.39. The van der Waals surface area contributed by atoms with Gasteiger partial charge < -0.3 is 15.4 Å². The summed E-state index contributed by atoms with van der Waals surface area (Å²) >= 11 is 5.93. The van der Waals surface area contributed by atoms with Crippen molar-refractivity contribution >= 4 is 35.1 Å². The summed E-state index contributed by atoms with van der Waals surface area (Å²) in [6.07, 6.45) is 1.42. The first kappa shape index (κ1) is 19.7. The average molecular weight is 424 g/mol. The molecule has 1 atom stereocenters. The van der Waals surface area contributed by atoms with Gasteiger partial charge in [-0.3, -0.25) is 4.79 Å². The van der Waals surface area contributed by atoms with Crippen LogP contribution in [-0.4, -0.2) is 33.8 Å². The van der Waals surface area contributed by atoms with Crippen LogP contribution in [0.15, 0.2) is 66.1 Å². The first-order chi connectivity index (χ1) is 14.5. The highest BCUT2D eigenvalue weighted by molar-refractivity contribution is 6.30. The number of hydrogen-bond donors (Lipinski definition) is 2. The maximum absolute atomic E-state index is 13.2. The van der Waals surface area contributed by atoms with Crippen molar-refractivity contribution in [2.75, 3.05) is 17.7 Å². The highest BCUT2D eigenvalue weighted by Gasteiger charge is 2.33. The van der Waals surface area contributed by atoms with Crippen molar-refractivity contribution < 1.29 is 14.3 Å². The highest BCUT2D eigenvalue weighted by atomic mass is 35.5. The molecule has 0 aliphatic carbocycles. The summed E-state index contributed by atoms with van der Waals surface area (Å²) in [4.78, 5) is 29.2. The van der Waals surface area contributed by atoms with Crippen LogP contribution >= 0.6 is 11.6 Å². The van der Waals surface area contributed by atoms with E-state index in [0.717, 1.165) is 5.56 Å². The molecule has 4 rings (SSSR count). The molecule has 152 valence electrons. The number of allylic oxidation sites excluding steroid dienone is 1. The Kier molecular flexibility index (Phi) is 5.24. The molecule has 0 saturated carbocycles. The van der Waals surface area contributed by atoms with E-state index in [1.165, 1.54) is 13.4 Å². The molecular weight excluding hydrogens is 406 g/mol. The first-order valence-corrected chi connectivity index (χ1v) is 9.48. The number of esters is 1. The third-order valence-electron chi connectivity index (χ3n) is 4.79. The summed E-state index contributed by atoms with van der Waals surface area (Å²) in [7, 11) is 1.33. The second-order valence-corrected chi connectivity index (χ2v) is 7.11. The zero-order chi connectivity index (χ0) is 21.3. The molecule has 0 bridgehead atoms. The number of rotatable bonds is 4. The lowest BCUT2D eigenvalue weighted by molar-refractivity contribution is -0.113. The second kappa shape index (κ2) is 8.00. The molecule has 0 spiro atoms. The second-order valence-electron chi connectivity index (χ2n) is 6.67. The number of halogens is 1. The number of carbonyl (C=O) groups is 2. The van der Waals surface area contributed by atoms with Gasteiger partial charge in [0.1, 0.15) is 12.4 Å². The molecule has 1 amide bonds. The Balaban J connectivity index is 1.72. The van der Waals surface area contributed by atoms with Crippen molar-refractivity contribution in [3.63, 3.8) is 0 Å². The van der Waals surface area contributed by atoms with Gasteiger partial charge in [0.25, 0.3) is 5.91 Å². The Bertz CT molecular complexity index is 1140. The minimum absolute atomic E-state index is 0.287. The number of fused-ring (bicyclic) bond motifs is 1. The lowest BCUT2D eigenvalue weighted by Gasteiger charge is -2.28. The third kappa shape index (κ3) is 3.65. The molecule has 2 N–H and O–H groups in total. The fraction of sp³-hybridized carbons (Fsp3) is 0.143. The van der Waals surface area contributed by atoms with E-state index in [2.05, 4.69) is 20.7 Å². The quantitative estimate of drug-likeness (QED) is 0.621. The van der Waals surface area contributed by atoms with Crippen LogP contribution in [0.5, 0.6) is 0 Å². The molecule has 1 aromatic heterocycles. The van der Waals surface area contributed by atoms with Gasteiger partial charge in [-0.1, -0.05) is 23.7 Å². The van der Waals surface area contributed by atoms with E-state index in [9.17, 15) is 9.59 Å². The first-order valence-electron chi connectivity index (χ1n) is 9.10. The molecule has 3 aromatic rings. The minimum atomic E-state index is -0.525. The minimum Gasteiger partial charge on any atom is -0.465 e. The van der Waals surface area contributed by atoms with Gasteiger partial charge in [-0.25, -0.2) is 9.48 Å². The Labute approximate surface area is 177 Å². The van der Waals surface area contributed by atoms with E-state index in [0.29, 0.717) is 33.5 Å². The molecule has 0 radical (unpaired) electrons. The zero-order valence-electron chi connectivity index (χ0n) is 16.2. The SMILES string of the molecule is COC(=O)c1ccc([C@@H]2C(C(=O)Nc3ccc(Cl)cc3)=C(C)Nc3ncnn32)cc1. The Morgan fingerprint density at radius 3 is 2.50 bits per heavy atom. The number of methoxy groups -OCH3 is 1. The van der Waals surface area contributed by atoms with E-state index in [4.69, 9.17) is 16.3 Å². The Morgan fingerprint density at radius 2 is 1.83 bits per heavy atom.